The first-order valence-corrected chi connectivity index (χ1v) is 8.94. The van der Waals surface area contributed by atoms with Crippen molar-refractivity contribution in [1.82, 2.24) is 9.62 Å². The molecule has 26 heavy (non-hydrogen) atoms. The van der Waals surface area contributed by atoms with Crippen molar-refractivity contribution in [3.63, 3.8) is 0 Å². The Morgan fingerprint density at radius 3 is 2.27 bits per heavy atom. The minimum atomic E-state index is -4.63. The molecule has 0 bridgehead atoms. The summed E-state index contributed by atoms with van der Waals surface area (Å²) in [4.78, 5) is 11.1. The fourth-order valence-corrected chi connectivity index (χ4v) is 3.47. The molecule has 0 saturated heterocycles. The van der Waals surface area contributed by atoms with Crippen LogP contribution in [0.4, 0.5) is 13.2 Å². The lowest BCUT2D eigenvalue weighted by Gasteiger charge is -2.18. The molecule has 2 aromatic carbocycles. The zero-order valence-electron chi connectivity index (χ0n) is 14.0. The Morgan fingerprint density at radius 1 is 1.12 bits per heavy atom. The van der Waals surface area contributed by atoms with Crippen molar-refractivity contribution in [2.24, 2.45) is 0 Å². The maximum absolute atomic E-state index is 12.8. The molecule has 0 aliphatic heterocycles. The van der Waals surface area contributed by atoms with Crippen LogP contribution in [0.15, 0.2) is 53.4 Å². The van der Waals surface area contributed by atoms with Gasteiger partial charge in [-0.05, 0) is 35.9 Å². The topological polar surface area (TPSA) is 66.5 Å². The zero-order chi connectivity index (χ0) is 19.5. The average molecular weight is 386 g/mol. The van der Waals surface area contributed by atoms with Crippen molar-refractivity contribution in [3.8, 4) is 0 Å². The summed E-state index contributed by atoms with van der Waals surface area (Å²) in [5.41, 5.74) is -0.0164. The van der Waals surface area contributed by atoms with Gasteiger partial charge >= 0.3 is 6.18 Å². The highest BCUT2D eigenvalue weighted by atomic mass is 32.2. The molecule has 0 fully saturated rings. The van der Waals surface area contributed by atoms with Gasteiger partial charge in [-0.3, -0.25) is 4.79 Å². The second-order valence-corrected chi connectivity index (χ2v) is 7.61. The van der Waals surface area contributed by atoms with Gasteiger partial charge in [-0.1, -0.05) is 18.2 Å². The molecule has 0 aromatic heterocycles. The van der Waals surface area contributed by atoms with Gasteiger partial charge in [0.2, 0.25) is 10.0 Å². The molecule has 0 radical (unpaired) electrons. The summed E-state index contributed by atoms with van der Waals surface area (Å²) in [6, 6.07) is 9.86. The number of alkyl halides is 3. The number of hydrogen-bond acceptors (Lipinski definition) is 3. The van der Waals surface area contributed by atoms with Crippen LogP contribution in [0, 0.1) is 0 Å². The molecule has 0 saturated carbocycles. The molecule has 0 heterocycles. The Balaban J connectivity index is 2.23. The number of halogens is 3. The van der Waals surface area contributed by atoms with Gasteiger partial charge in [0.15, 0.2) is 0 Å². The number of amides is 1. The number of nitrogens with zero attached hydrogens (tertiary/aromatic N) is 1. The summed E-state index contributed by atoms with van der Waals surface area (Å²) < 4.78 is 64.4. The lowest BCUT2D eigenvalue weighted by atomic mass is 10.1. The number of nitrogens with one attached hydrogen (secondary N) is 1. The lowest BCUT2D eigenvalue weighted by molar-refractivity contribution is -0.137. The minimum Gasteiger partial charge on any atom is -0.355 e. The molecule has 140 valence electrons. The summed E-state index contributed by atoms with van der Waals surface area (Å²) in [5.74, 6) is -0.276. The Hall–Kier alpha value is -2.39. The van der Waals surface area contributed by atoms with E-state index in [4.69, 9.17) is 0 Å². The molecule has 1 N–H and O–H groups in total. The van der Waals surface area contributed by atoms with Crippen molar-refractivity contribution < 1.29 is 26.4 Å². The predicted molar refractivity (Wildman–Crippen MR) is 89.9 cm³/mol. The summed E-state index contributed by atoms with van der Waals surface area (Å²) >= 11 is 0. The van der Waals surface area contributed by atoms with E-state index in [-0.39, 0.29) is 12.5 Å². The summed E-state index contributed by atoms with van der Waals surface area (Å²) in [7, 11) is -1.33. The molecular weight excluding hydrogens is 369 g/mol. The third-order valence-corrected chi connectivity index (χ3v) is 5.52. The SMILES string of the molecule is CNC(=O)c1ccc(CN(C)S(=O)(=O)c2cccc(C(F)(F)F)c2)cc1. The van der Waals surface area contributed by atoms with Gasteiger partial charge in [-0.2, -0.15) is 17.5 Å². The van der Waals surface area contributed by atoms with Gasteiger partial charge in [0, 0.05) is 26.2 Å². The highest BCUT2D eigenvalue weighted by molar-refractivity contribution is 7.89. The van der Waals surface area contributed by atoms with Crippen molar-refractivity contribution in [2.75, 3.05) is 14.1 Å². The van der Waals surface area contributed by atoms with Crippen LogP contribution in [-0.4, -0.2) is 32.7 Å². The number of benzene rings is 2. The third-order valence-electron chi connectivity index (χ3n) is 3.72. The zero-order valence-corrected chi connectivity index (χ0v) is 14.9. The first-order valence-electron chi connectivity index (χ1n) is 7.50. The Bertz CT molecular complexity index is 894. The Kier molecular flexibility index (Phi) is 5.72. The highest BCUT2D eigenvalue weighted by Gasteiger charge is 2.32. The van der Waals surface area contributed by atoms with E-state index in [0.717, 1.165) is 22.5 Å². The van der Waals surface area contributed by atoms with Crippen molar-refractivity contribution in [3.05, 3.63) is 65.2 Å². The van der Waals surface area contributed by atoms with Crippen LogP contribution < -0.4 is 5.32 Å². The van der Waals surface area contributed by atoms with Gasteiger partial charge in [0.1, 0.15) is 0 Å². The van der Waals surface area contributed by atoms with E-state index in [1.807, 2.05) is 0 Å². The van der Waals surface area contributed by atoms with Crippen LogP contribution >= 0.6 is 0 Å². The first-order chi connectivity index (χ1) is 12.1. The second kappa shape index (κ2) is 7.46. The van der Waals surface area contributed by atoms with E-state index in [1.54, 1.807) is 24.3 Å². The van der Waals surface area contributed by atoms with Gasteiger partial charge in [-0.15, -0.1) is 0 Å². The quantitative estimate of drug-likeness (QED) is 0.859. The lowest BCUT2D eigenvalue weighted by Crippen LogP contribution is -2.27. The molecule has 2 aromatic rings. The van der Waals surface area contributed by atoms with Gasteiger partial charge in [0.05, 0.1) is 10.5 Å². The molecule has 0 atom stereocenters. The normalized spacial score (nSPS) is 12.2. The number of sulfonamides is 1. The third kappa shape index (κ3) is 4.41. The van der Waals surface area contributed by atoms with Crippen LogP contribution in [0.3, 0.4) is 0 Å². The van der Waals surface area contributed by atoms with Crippen molar-refractivity contribution in [1.29, 1.82) is 0 Å². The second-order valence-electron chi connectivity index (χ2n) is 5.56. The van der Waals surface area contributed by atoms with Crippen LogP contribution in [0.1, 0.15) is 21.5 Å². The smallest absolute Gasteiger partial charge is 0.355 e. The van der Waals surface area contributed by atoms with Crippen LogP contribution in [-0.2, 0) is 22.7 Å². The van der Waals surface area contributed by atoms with E-state index in [9.17, 15) is 26.4 Å². The number of hydrogen-bond donors (Lipinski definition) is 1. The highest BCUT2D eigenvalue weighted by Crippen LogP contribution is 2.31. The fraction of sp³-hybridized carbons (Fsp3) is 0.235. The van der Waals surface area contributed by atoms with E-state index in [1.165, 1.54) is 14.1 Å². The monoisotopic (exact) mass is 386 g/mol. The van der Waals surface area contributed by atoms with Crippen molar-refractivity contribution >= 4 is 15.9 Å². The van der Waals surface area contributed by atoms with E-state index < -0.39 is 26.7 Å². The molecule has 2 rings (SSSR count). The summed E-state index contributed by atoms with van der Waals surface area (Å²) in [5, 5.41) is 2.47. The molecule has 5 nitrogen and oxygen atoms in total. The van der Waals surface area contributed by atoms with Crippen LogP contribution in [0.2, 0.25) is 0 Å². The molecule has 0 aliphatic rings. The molecule has 0 aliphatic carbocycles. The van der Waals surface area contributed by atoms with Gasteiger partial charge in [0.25, 0.3) is 5.91 Å². The standard InChI is InChI=1S/C17H17F3N2O3S/c1-21-16(23)13-8-6-12(7-9-13)11-22(2)26(24,25)15-5-3-4-14(10-15)17(18,19)20/h3-10H,11H2,1-2H3,(H,21,23). The molecular formula is C17H17F3N2O3S. The fourth-order valence-electron chi connectivity index (χ4n) is 2.26. The molecule has 9 heteroatoms. The number of rotatable bonds is 5. The van der Waals surface area contributed by atoms with Gasteiger partial charge < -0.3 is 5.32 Å². The van der Waals surface area contributed by atoms with Crippen LogP contribution in [0.5, 0.6) is 0 Å². The minimum absolute atomic E-state index is 0.0490. The van der Waals surface area contributed by atoms with E-state index in [2.05, 4.69) is 5.32 Å². The van der Waals surface area contributed by atoms with E-state index in [0.29, 0.717) is 17.2 Å². The average Bonchev–Trinajstić information content (AvgIpc) is 2.61. The molecule has 1 amide bonds. The number of carbonyl (C=O) groups is 1. The molecule has 0 unspecified atom stereocenters. The Labute approximate surface area is 149 Å². The largest absolute Gasteiger partial charge is 0.416 e. The van der Waals surface area contributed by atoms with Crippen molar-refractivity contribution in [2.45, 2.75) is 17.6 Å². The van der Waals surface area contributed by atoms with Crippen LogP contribution in [0.25, 0.3) is 0 Å². The van der Waals surface area contributed by atoms with Gasteiger partial charge in [-0.25, -0.2) is 8.42 Å². The maximum atomic E-state index is 12.8. The number of carbonyl (C=O) groups excluding carboxylic acids is 1. The maximum Gasteiger partial charge on any atom is 0.416 e. The summed E-state index contributed by atoms with van der Waals surface area (Å²) in [6.45, 7) is -0.0490. The summed E-state index contributed by atoms with van der Waals surface area (Å²) in [6.07, 6.45) is -4.63. The molecule has 0 spiro atoms. The Morgan fingerprint density at radius 2 is 1.73 bits per heavy atom. The first kappa shape index (κ1) is 19.9. The predicted octanol–water partition coefficient (Wildman–Crippen LogP) is 2.89. The van der Waals surface area contributed by atoms with E-state index >= 15 is 0 Å².